The first-order chi connectivity index (χ1) is 21.0. The fourth-order valence-electron chi connectivity index (χ4n) is 5.74. The van der Waals surface area contributed by atoms with E-state index in [0.29, 0.717) is 17.9 Å². The number of rotatable bonds is 14. The Morgan fingerprint density at radius 1 is 1.00 bits per heavy atom. The van der Waals surface area contributed by atoms with Gasteiger partial charge in [0.1, 0.15) is 11.8 Å². The Morgan fingerprint density at radius 3 is 2.34 bits per heavy atom. The van der Waals surface area contributed by atoms with Crippen LogP contribution in [0.2, 0.25) is 5.02 Å². The monoisotopic (exact) mass is 639 g/mol. The van der Waals surface area contributed by atoms with Crippen molar-refractivity contribution in [3.63, 3.8) is 0 Å². The summed E-state index contributed by atoms with van der Waals surface area (Å²) in [6.07, 6.45) is 5.84. The van der Waals surface area contributed by atoms with E-state index in [-0.39, 0.29) is 48.8 Å². The number of nitrogens with zero attached hydrogens (tertiary/aromatic N) is 2. The summed E-state index contributed by atoms with van der Waals surface area (Å²) in [6.45, 7) is 2.33. The number of aryl methyl sites for hydroxylation is 1. The van der Waals surface area contributed by atoms with Gasteiger partial charge >= 0.3 is 0 Å². The van der Waals surface area contributed by atoms with Gasteiger partial charge in [-0.2, -0.15) is 0 Å². The molecule has 0 unspecified atom stereocenters. The summed E-state index contributed by atoms with van der Waals surface area (Å²) in [4.78, 5) is 29.6. The van der Waals surface area contributed by atoms with Crippen LogP contribution in [0.4, 0.5) is 5.69 Å². The molecule has 1 fully saturated rings. The third-order valence-electron chi connectivity index (χ3n) is 7.98. The smallest absolute Gasteiger partial charge is 0.243 e. The van der Waals surface area contributed by atoms with Crippen LogP contribution in [-0.4, -0.2) is 57.1 Å². The zero-order valence-corrected chi connectivity index (χ0v) is 27.2. The zero-order chi connectivity index (χ0) is 31.7. The van der Waals surface area contributed by atoms with Gasteiger partial charge in [-0.3, -0.25) is 13.9 Å². The standard InChI is InChI=1S/C34H42ClN3O5S/c1-25-11-9-14-27(21-25)24-37(31(22-26-12-5-4-6-13-26)34(40)36-28-15-7-8-16-28)33(39)17-10-20-38(44(3,41)42)29-18-19-32(43-2)30(35)23-29/h4-6,9,11-14,18-19,21,23,28,31H,7-8,10,15-17,20,22,24H2,1-3H3,(H,36,40)/t31-/m1/s1. The first-order valence-electron chi connectivity index (χ1n) is 15.1. The third-order valence-corrected chi connectivity index (χ3v) is 9.47. The number of ether oxygens (including phenoxy) is 1. The molecule has 1 aliphatic carbocycles. The highest BCUT2D eigenvalue weighted by Gasteiger charge is 2.32. The van der Waals surface area contributed by atoms with Crippen LogP contribution < -0.4 is 14.4 Å². The van der Waals surface area contributed by atoms with Gasteiger partial charge in [0.15, 0.2) is 0 Å². The lowest BCUT2D eigenvalue weighted by atomic mass is 10.0. The minimum Gasteiger partial charge on any atom is -0.495 e. The summed E-state index contributed by atoms with van der Waals surface area (Å²) >= 11 is 6.28. The van der Waals surface area contributed by atoms with Gasteiger partial charge in [-0.15, -0.1) is 0 Å². The Morgan fingerprint density at radius 2 is 1.70 bits per heavy atom. The molecule has 3 aromatic rings. The molecule has 0 aliphatic heterocycles. The van der Waals surface area contributed by atoms with Gasteiger partial charge in [-0.05, 0) is 55.5 Å². The van der Waals surface area contributed by atoms with Crippen LogP contribution in [-0.2, 0) is 32.6 Å². The van der Waals surface area contributed by atoms with Gasteiger partial charge in [0.2, 0.25) is 21.8 Å². The SMILES string of the molecule is COc1ccc(N(CCCC(=O)N(Cc2cccc(C)c2)[C@H](Cc2ccccc2)C(=O)NC2CCCC2)S(C)(=O)=O)cc1Cl. The number of carbonyl (C=O) groups is 2. The predicted octanol–water partition coefficient (Wildman–Crippen LogP) is 5.90. The number of methoxy groups -OCH3 is 1. The molecular weight excluding hydrogens is 598 g/mol. The van der Waals surface area contributed by atoms with E-state index in [1.165, 1.54) is 17.5 Å². The molecule has 44 heavy (non-hydrogen) atoms. The van der Waals surface area contributed by atoms with Gasteiger partial charge in [-0.25, -0.2) is 8.42 Å². The molecule has 1 N–H and O–H groups in total. The largest absolute Gasteiger partial charge is 0.495 e. The molecular formula is C34H42ClN3O5S. The van der Waals surface area contributed by atoms with Gasteiger partial charge in [0.25, 0.3) is 0 Å². The number of hydrogen-bond donors (Lipinski definition) is 1. The van der Waals surface area contributed by atoms with Crippen molar-refractivity contribution in [3.8, 4) is 5.75 Å². The van der Waals surface area contributed by atoms with E-state index in [9.17, 15) is 18.0 Å². The van der Waals surface area contributed by atoms with E-state index in [2.05, 4.69) is 5.32 Å². The second kappa shape index (κ2) is 15.4. The summed E-state index contributed by atoms with van der Waals surface area (Å²) < 4.78 is 31.9. The van der Waals surface area contributed by atoms with Crippen molar-refractivity contribution in [2.75, 3.05) is 24.2 Å². The van der Waals surface area contributed by atoms with Crippen molar-refractivity contribution in [2.45, 2.75) is 70.5 Å². The van der Waals surface area contributed by atoms with E-state index in [0.717, 1.165) is 48.6 Å². The third kappa shape index (κ3) is 9.22. The van der Waals surface area contributed by atoms with Crippen LogP contribution in [0, 0.1) is 6.92 Å². The lowest BCUT2D eigenvalue weighted by Crippen LogP contribution is -2.52. The molecule has 0 bridgehead atoms. The Labute approximate surface area is 266 Å². The maximum atomic E-state index is 14.1. The molecule has 8 nitrogen and oxygen atoms in total. The Kier molecular flexibility index (Phi) is 11.7. The van der Waals surface area contributed by atoms with Gasteiger partial charge in [0, 0.05) is 32.0 Å². The first kappa shape index (κ1) is 33.3. The fraction of sp³-hybridized carbons (Fsp3) is 0.412. The molecule has 3 aromatic carbocycles. The maximum Gasteiger partial charge on any atom is 0.243 e. The molecule has 10 heteroatoms. The van der Waals surface area contributed by atoms with E-state index in [1.54, 1.807) is 17.0 Å². The van der Waals surface area contributed by atoms with Crippen molar-refractivity contribution in [1.29, 1.82) is 0 Å². The highest BCUT2D eigenvalue weighted by atomic mass is 35.5. The number of benzene rings is 3. The summed E-state index contributed by atoms with van der Waals surface area (Å²) in [5, 5.41) is 3.51. The van der Waals surface area contributed by atoms with Crippen LogP contribution in [0.15, 0.2) is 72.8 Å². The van der Waals surface area contributed by atoms with Crippen LogP contribution in [0.25, 0.3) is 0 Å². The highest BCUT2D eigenvalue weighted by Crippen LogP contribution is 2.30. The number of carbonyl (C=O) groups excluding carboxylic acids is 2. The Bertz CT molecular complexity index is 1530. The van der Waals surface area contributed by atoms with Gasteiger partial charge < -0.3 is 15.0 Å². The normalized spacial score (nSPS) is 14.2. The number of amides is 2. The number of halogens is 1. The predicted molar refractivity (Wildman–Crippen MR) is 175 cm³/mol. The van der Waals surface area contributed by atoms with Gasteiger partial charge in [0.05, 0.1) is 24.1 Å². The number of sulfonamides is 1. The summed E-state index contributed by atoms with van der Waals surface area (Å²) in [6, 6.07) is 21.8. The van der Waals surface area contributed by atoms with E-state index in [4.69, 9.17) is 16.3 Å². The summed E-state index contributed by atoms with van der Waals surface area (Å²) in [5.41, 5.74) is 3.34. The molecule has 4 rings (SSSR count). The Hall–Kier alpha value is -3.56. The minimum absolute atomic E-state index is 0.0592. The van der Waals surface area contributed by atoms with Crippen molar-refractivity contribution in [3.05, 3.63) is 94.5 Å². The molecule has 1 aliphatic rings. The fourth-order valence-corrected chi connectivity index (χ4v) is 6.95. The maximum absolute atomic E-state index is 14.1. The number of hydrogen-bond acceptors (Lipinski definition) is 5. The van der Waals surface area contributed by atoms with Crippen LogP contribution in [0.5, 0.6) is 5.75 Å². The second-order valence-electron chi connectivity index (χ2n) is 11.5. The first-order valence-corrected chi connectivity index (χ1v) is 17.3. The number of nitrogens with one attached hydrogen (secondary N) is 1. The van der Waals surface area contributed by atoms with Crippen LogP contribution >= 0.6 is 11.6 Å². The van der Waals surface area contributed by atoms with E-state index < -0.39 is 16.1 Å². The van der Waals surface area contributed by atoms with Crippen molar-refractivity contribution in [2.24, 2.45) is 0 Å². The average Bonchev–Trinajstić information content (AvgIpc) is 3.50. The molecule has 1 atom stereocenters. The van der Waals surface area contributed by atoms with Crippen molar-refractivity contribution < 1.29 is 22.7 Å². The van der Waals surface area contributed by atoms with E-state index >= 15 is 0 Å². The lowest BCUT2D eigenvalue weighted by molar-refractivity contribution is -0.141. The lowest BCUT2D eigenvalue weighted by Gasteiger charge is -2.33. The topological polar surface area (TPSA) is 96.0 Å². The second-order valence-corrected chi connectivity index (χ2v) is 13.8. The van der Waals surface area contributed by atoms with Crippen LogP contribution in [0.3, 0.4) is 0 Å². The molecule has 0 aromatic heterocycles. The molecule has 2 amide bonds. The summed E-state index contributed by atoms with van der Waals surface area (Å²) in [7, 11) is -2.18. The highest BCUT2D eigenvalue weighted by molar-refractivity contribution is 7.92. The quantitative estimate of drug-likeness (QED) is 0.237. The summed E-state index contributed by atoms with van der Waals surface area (Å²) in [5.74, 6) is 0.0637. The van der Waals surface area contributed by atoms with Gasteiger partial charge in [-0.1, -0.05) is 84.6 Å². The van der Waals surface area contributed by atoms with Crippen molar-refractivity contribution >= 4 is 39.1 Å². The molecule has 236 valence electrons. The molecule has 0 heterocycles. The Balaban J connectivity index is 1.59. The average molecular weight is 640 g/mol. The molecule has 0 saturated heterocycles. The minimum atomic E-state index is -3.66. The van der Waals surface area contributed by atoms with Crippen molar-refractivity contribution in [1.82, 2.24) is 10.2 Å². The molecule has 1 saturated carbocycles. The van der Waals surface area contributed by atoms with E-state index in [1.807, 2.05) is 61.5 Å². The number of anilines is 1. The molecule has 0 radical (unpaired) electrons. The molecule has 0 spiro atoms. The zero-order valence-electron chi connectivity index (χ0n) is 25.7. The van der Waals surface area contributed by atoms with Crippen LogP contribution in [0.1, 0.15) is 55.2 Å².